The molecule has 40 heavy (non-hydrogen) atoms. The molecule has 0 aliphatic carbocycles. The number of likely N-dealkylation sites (tertiary alicyclic amines) is 1. The van der Waals surface area contributed by atoms with Crippen molar-refractivity contribution in [3.8, 4) is 0 Å². The van der Waals surface area contributed by atoms with Crippen molar-refractivity contribution in [2.45, 2.75) is 96.0 Å². The molecule has 2 aliphatic heterocycles. The third-order valence-electron chi connectivity index (χ3n) is 7.63. The molecule has 4 rings (SSSR count). The van der Waals surface area contributed by atoms with Gasteiger partial charge in [-0.2, -0.15) is 4.31 Å². The number of benzene rings is 1. The van der Waals surface area contributed by atoms with Gasteiger partial charge in [0.15, 0.2) is 0 Å². The molecule has 0 atom stereocenters. The lowest BCUT2D eigenvalue weighted by molar-refractivity contribution is 0.0723. The predicted molar refractivity (Wildman–Crippen MR) is 162 cm³/mol. The van der Waals surface area contributed by atoms with Gasteiger partial charge < -0.3 is 15.5 Å². The summed E-state index contributed by atoms with van der Waals surface area (Å²) in [6.07, 6.45) is 5.24. The number of amides is 2. The van der Waals surface area contributed by atoms with E-state index in [1.807, 2.05) is 18.7 Å². The number of piperidine rings is 1. The van der Waals surface area contributed by atoms with Crippen molar-refractivity contribution >= 4 is 38.2 Å². The highest BCUT2D eigenvalue weighted by Crippen LogP contribution is 2.45. The number of carbonyl (C=O) groups is 2. The Labute approximate surface area is 243 Å². The van der Waals surface area contributed by atoms with Crippen LogP contribution >= 0.6 is 11.3 Å². The summed E-state index contributed by atoms with van der Waals surface area (Å²) in [5.41, 5.74) is 1.39. The van der Waals surface area contributed by atoms with E-state index >= 15 is 0 Å². The highest BCUT2D eigenvalue weighted by molar-refractivity contribution is 7.89. The van der Waals surface area contributed by atoms with Crippen molar-refractivity contribution < 1.29 is 18.0 Å². The summed E-state index contributed by atoms with van der Waals surface area (Å²) in [6.45, 7) is 14.8. The normalized spacial score (nSPS) is 18.4. The van der Waals surface area contributed by atoms with Crippen molar-refractivity contribution in [1.82, 2.24) is 14.5 Å². The summed E-state index contributed by atoms with van der Waals surface area (Å²) in [7, 11) is -3.64. The maximum absolute atomic E-state index is 13.9. The van der Waals surface area contributed by atoms with Crippen LogP contribution in [-0.4, -0.2) is 61.2 Å². The third-order valence-corrected chi connectivity index (χ3v) is 11.0. The number of nitrogens with one attached hydrogen (secondary N) is 2. The Bertz CT molecular complexity index is 1330. The number of thiophene rings is 1. The highest BCUT2D eigenvalue weighted by atomic mass is 32.2. The topological polar surface area (TPSA) is 98.8 Å². The van der Waals surface area contributed by atoms with E-state index < -0.39 is 10.0 Å². The number of anilines is 1. The smallest absolute Gasteiger partial charge is 0.257 e. The first-order chi connectivity index (χ1) is 18.8. The van der Waals surface area contributed by atoms with Crippen molar-refractivity contribution in [3.63, 3.8) is 0 Å². The number of hydrogen-bond acceptors (Lipinski definition) is 6. The van der Waals surface area contributed by atoms with E-state index in [-0.39, 0.29) is 27.8 Å². The van der Waals surface area contributed by atoms with E-state index in [1.165, 1.54) is 27.8 Å². The molecule has 1 fully saturated rings. The predicted octanol–water partition coefficient (Wildman–Crippen LogP) is 5.60. The van der Waals surface area contributed by atoms with Gasteiger partial charge >= 0.3 is 0 Å². The first kappa shape index (κ1) is 30.7. The van der Waals surface area contributed by atoms with Gasteiger partial charge in [0.05, 0.1) is 10.5 Å². The molecule has 3 heterocycles. The van der Waals surface area contributed by atoms with Crippen molar-refractivity contribution in [1.29, 1.82) is 0 Å². The van der Waals surface area contributed by atoms with Crippen LogP contribution in [-0.2, 0) is 22.0 Å². The van der Waals surface area contributed by atoms with Crippen LogP contribution in [0.3, 0.4) is 0 Å². The fraction of sp³-hybridized carbons (Fsp3) is 0.600. The molecular weight excluding hydrogens is 544 g/mol. The maximum atomic E-state index is 13.9. The minimum atomic E-state index is -3.64. The largest absolute Gasteiger partial charge is 0.339 e. The summed E-state index contributed by atoms with van der Waals surface area (Å²) in [6, 6.07) is 6.09. The van der Waals surface area contributed by atoms with Crippen LogP contribution in [0.25, 0.3) is 0 Å². The van der Waals surface area contributed by atoms with E-state index in [2.05, 4.69) is 38.3 Å². The van der Waals surface area contributed by atoms with Gasteiger partial charge in [-0.05, 0) is 96.0 Å². The molecule has 2 amide bonds. The summed E-state index contributed by atoms with van der Waals surface area (Å²) in [4.78, 5) is 30.5. The van der Waals surface area contributed by atoms with Crippen LogP contribution in [0.15, 0.2) is 29.2 Å². The lowest BCUT2D eigenvalue weighted by Crippen LogP contribution is -2.55. The molecule has 0 bridgehead atoms. The second-order valence-electron chi connectivity index (χ2n) is 12.2. The van der Waals surface area contributed by atoms with Gasteiger partial charge in [0, 0.05) is 47.7 Å². The minimum Gasteiger partial charge on any atom is -0.339 e. The Hall–Kier alpha value is -2.27. The molecule has 0 spiro atoms. The molecule has 2 aliphatic rings. The van der Waals surface area contributed by atoms with E-state index in [0.717, 1.165) is 55.6 Å². The number of fused-ring (bicyclic) bond motifs is 1. The molecular formula is C30H44N4O4S2. The third kappa shape index (κ3) is 6.30. The van der Waals surface area contributed by atoms with E-state index in [0.29, 0.717) is 35.6 Å². The van der Waals surface area contributed by atoms with Crippen LogP contribution in [0.1, 0.15) is 105 Å². The molecule has 2 aromatic rings. The van der Waals surface area contributed by atoms with Crippen molar-refractivity contribution in [2.24, 2.45) is 0 Å². The number of rotatable bonds is 9. The second-order valence-corrected chi connectivity index (χ2v) is 15.1. The standard InChI is InChI=1S/C30H44N4O4S2/c1-7-16-34(17-8-2)40(37,38)22-14-12-21(13-15-22)26(35)31-27-24(28(36)33-18-10-9-11-19-33)23-20-29(3,4)32-30(5,6)25(23)39-27/h12-15,32H,7-11,16-20H2,1-6H3,(H,31,35). The fourth-order valence-corrected chi connectivity index (χ4v) is 8.94. The Morgan fingerprint density at radius 2 is 1.60 bits per heavy atom. The monoisotopic (exact) mass is 588 g/mol. The van der Waals surface area contributed by atoms with E-state index in [9.17, 15) is 18.0 Å². The van der Waals surface area contributed by atoms with Crippen LogP contribution in [0.5, 0.6) is 0 Å². The maximum Gasteiger partial charge on any atom is 0.257 e. The van der Waals surface area contributed by atoms with Gasteiger partial charge in [-0.25, -0.2) is 8.42 Å². The highest BCUT2D eigenvalue weighted by Gasteiger charge is 2.42. The van der Waals surface area contributed by atoms with Gasteiger partial charge in [0.1, 0.15) is 5.00 Å². The zero-order valence-electron chi connectivity index (χ0n) is 24.7. The molecule has 10 heteroatoms. The van der Waals surface area contributed by atoms with E-state index in [1.54, 1.807) is 12.1 Å². The van der Waals surface area contributed by atoms with Crippen LogP contribution in [0.2, 0.25) is 0 Å². The van der Waals surface area contributed by atoms with Crippen molar-refractivity contribution in [3.05, 3.63) is 45.8 Å². The average molecular weight is 589 g/mol. The lowest BCUT2D eigenvalue weighted by Gasteiger charge is -2.42. The van der Waals surface area contributed by atoms with Gasteiger partial charge in [-0.3, -0.25) is 9.59 Å². The Morgan fingerprint density at radius 1 is 1.00 bits per heavy atom. The van der Waals surface area contributed by atoms with Crippen LogP contribution in [0.4, 0.5) is 5.00 Å². The van der Waals surface area contributed by atoms with Gasteiger partial charge in [0.25, 0.3) is 11.8 Å². The second kappa shape index (κ2) is 11.9. The minimum absolute atomic E-state index is 0.0191. The number of hydrogen-bond donors (Lipinski definition) is 2. The van der Waals surface area contributed by atoms with Gasteiger partial charge in [0.2, 0.25) is 10.0 Å². The number of carbonyl (C=O) groups excluding carboxylic acids is 2. The first-order valence-electron chi connectivity index (χ1n) is 14.5. The summed E-state index contributed by atoms with van der Waals surface area (Å²) < 4.78 is 27.8. The molecule has 220 valence electrons. The number of sulfonamides is 1. The first-order valence-corrected chi connectivity index (χ1v) is 16.7. The number of nitrogens with zero attached hydrogens (tertiary/aromatic N) is 2. The summed E-state index contributed by atoms with van der Waals surface area (Å²) in [5.74, 6) is -0.381. The molecule has 2 N–H and O–H groups in total. The van der Waals surface area contributed by atoms with Gasteiger partial charge in [-0.15, -0.1) is 11.3 Å². The SMILES string of the molecule is CCCN(CCC)S(=O)(=O)c1ccc(C(=O)Nc2sc3c(c2C(=O)N2CCCCC2)CC(C)(C)NC3(C)C)cc1. The summed E-state index contributed by atoms with van der Waals surface area (Å²) >= 11 is 1.46. The molecule has 1 aromatic carbocycles. The average Bonchev–Trinajstić information content (AvgIpc) is 3.25. The lowest BCUT2D eigenvalue weighted by atomic mass is 9.81. The molecule has 0 saturated carbocycles. The zero-order valence-corrected chi connectivity index (χ0v) is 26.4. The Balaban J connectivity index is 1.66. The Kier molecular flexibility index (Phi) is 9.14. The van der Waals surface area contributed by atoms with Gasteiger partial charge in [-0.1, -0.05) is 13.8 Å². The summed E-state index contributed by atoms with van der Waals surface area (Å²) in [5, 5.41) is 7.29. The Morgan fingerprint density at radius 3 is 2.17 bits per heavy atom. The molecule has 0 unspecified atom stereocenters. The fourth-order valence-electron chi connectivity index (χ4n) is 6.05. The van der Waals surface area contributed by atoms with E-state index in [4.69, 9.17) is 0 Å². The quantitative estimate of drug-likeness (QED) is 0.398. The molecule has 0 radical (unpaired) electrons. The molecule has 1 aromatic heterocycles. The molecule has 1 saturated heterocycles. The van der Waals surface area contributed by atoms with Crippen molar-refractivity contribution in [2.75, 3.05) is 31.5 Å². The van der Waals surface area contributed by atoms with Crippen LogP contribution in [0, 0.1) is 0 Å². The van der Waals surface area contributed by atoms with Crippen LogP contribution < -0.4 is 10.6 Å². The zero-order chi connectivity index (χ0) is 29.3. The molecule has 8 nitrogen and oxygen atoms in total.